The van der Waals surface area contributed by atoms with E-state index in [1.807, 2.05) is 7.05 Å². The second-order valence-electron chi connectivity index (χ2n) is 5.55. The summed E-state index contributed by atoms with van der Waals surface area (Å²) in [6.07, 6.45) is 3.70. The van der Waals surface area contributed by atoms with Crippen molar-refractivity contribution in [3.8, 4) is 5.75 Å². The lowest BCUT2D eigenvalue weighted by molar-refractivity contribution is 0.389. The summed E-state index contributed by atoms with van der Waals surface area (Å²) in [6.45, 7) is 5.46. The molecule has 0 spiro atoms. The highest BCUT2D eigenvalue weighted by Gasteiger charge is 2.22. The van der Waals surface area contributed by atoms with Crippen LogP contribution in [-0.2, 0) is 0 Å². The summed E-state index contributed by atoms with van der Waals surface area (Å²) in [5.41, 5.74) is 3.90. The topological polar surface area (TPSA) is 33.3 Å². The molecule has 1 heterocycles. The summed E-state index contributed by atoms with van der Waals surface area (Å²) in [4.78, 5) is 0. The molecule has 0 aliphatic carbocycles. The molecule has 2 N–H and O–H groups in total. The monoisotopic (exact) mass is 262 g/mol. The minimum absolute atomic E-state index is 0.352. The Bertz CT molecular complexity index is 425. The number of rotatable bonds is 5. The molecule has 2 atom stereocenters. The Labute approximate surface area is 116 Å². The maximum absolute atomic E-state index is 5.57. The first-order valence-corrected chi connectivity index (χ1v) is 7.21. The van der Waals surface area contributed by atoms with Crippen LogP contribution in [0.25, 0.3) is 0 Å². The Morgan fingerprint density at radius 1 is 1.37 bits per heavy atom. The van der Waals surface area contributed by atoms with Crippen LogP contribution in [0.1, 0.15) is 42.0 Å². The van der Waals surface area contributed by atoms with Crippen molar-refractivity contribution in [2.24, 2.45) is 0 Å². The molecule has 19 heavy (non-hydrogen) atoms. The third-order valence-corrected chi connectivity index (χ3v) is 4.25. The summed E-state index contributed by atoms with van der Waals surface area (Å²) in [5, 5.41) is 7.02. The molecule has 106 valence electrons. The number of aryl methyl sites for hydroxylation is 2. The summed E-state index contributed by atoms with van der Waals surface area (Å²) in [7, 11) is 3.79. The van der Waals surface area contributed by atoms with Crippen molar-refractivity contribution >= 4 is 0 Å². The van der Waals surface area contributed by atoms with Gasteiger partial charge in [-0.1, -0.05) is 6.07 Å². The second kappa shape index (κ2) is 6.40. The van der Waals surface area contributed by atoms with Crippen molar-refractivity contribution < 1.29 is 4.74 Å². The van der Waals surface area contributed by atoms with E-state index in [1.54, 1.807) is 7.11 Å². The molecule has 2 unspecified atom stereocenters. The number of methoxy groups -OCH3 is 1. The molecule has 0 radical (unpaired) electrons. The van der Waals surface area contributed by atoms with Crippen LogP contribution in [0.15, 0.2) is 12.1 Å². The molecular formula is C16H26N2O. The van der Waals surface area contributed by atoms with Gasteiger partial charge >= 0.3 is 0 Å². The van der Waals surface area contributed by atoms with Gasteiger partial charge in [0.2, 0.25) is 0 Å². The van der Waals surface area contributed by atoms with Gasteiger partial charge in [0, 0.05) is 17.6 Å². The van der Waals surface area contributed by atoms with Crippen molar-refractivity contribution in [3.05, 3.63) is 28.8 Å². The predicted molar refractivity (Wildman–Crippen MR) is 79.9 cm³/mol. The zero-order chi connectivity index (χ0) is 13.8. The number of ether oxygens (including phenoxy) is 1. The fraction of sp³-hybridized carbons (Fsp3) is 0.625. The summed E-state index contributed by atoms with van der Waals surface area (Å²) < 4.78 is 5.57. The molecule has 0 bridgehead atoms. The van der Waals surface area contributed by atoms with E-state index in [0.717, 1.165) is 18.7 Å². The minimum Gasteiger partial charge on any atom is -0.496 e. The Kier molecular flexibility index (Phi) is 4.83. The highest BCUT2D eigenvalue weighted by atomic mass is 16.5. The molecule has 0 aromatic heterocycles. The third-order valence-electron chi connectivity index (χ3n) is 4.25. The lowest BCUT2D eigenvalue weighted by Crippen LogP contribution is -2.28. The van der Waals surface area contributed by atoms with E-state index in [9.17, 15) is 0 Å². The first-order chi connectivity index (χ1) is 9.15. The first-order valence-electron chi connectivity index (χ1n) is 7.21. The van der Waals surface area contributed by atoms with E-state index in [4.69, 9.17) is 4.74 Å². The van der Waals surface area contributed by atoms with Gasteiger partial charge in [0.05, 0.1) is 7.11 Å². The highest BCUT2D eigenvalue weighted by molar-refractivity contribution is 5.43. The Balaban J connectivity index is 2.23. The van der Waals surface area contributed by atoms with Gasteiger partial charge in [0.1, 0.15) is 5.75 Å². The zero-order valence-corrected chi connectivity index (χ0v) is 12.5. The van der Waals surface area contributed by atoms with Gasteiger partial charge < -0.3 is 15.4 Å². The van der Waals surface area contributed by atoms with E-state index in [1.165, 1.54) is 29.5 Å². The number of hydrogen-bond donors (Lipinski definition) is 2. The number of hydrogen-bond acceptors (Lipinski definition) is 3. The number of nitrogens with one attached hydrogen (secondary N) is 2. The van der Waals surface area contributed by atoms with Gasteiger partial charge in [0.25, 0.3) is 0 Å². The van der Waals surface area contributed by atoms with Gasteiger partial charge in [-0.15, -0.1) is 0 Å². The fourth-order valence-electron chi connectivity index (χ4n) is 2.90. The van der Waals surface area contributed by atoms with Gasteiger partial charge in [0.15, 0.2) is 0 Å². The van der Waals surface area contributed by atoms with Crippen LogP contribution in [0.3, 0.4) is 0 Å². The van der Waals surface area contributed by atoms with Gasteiger partial charge in [-0.05, 0) is 63.9 Å². The third kappa shape index (κ3) is 3.28. The largest absolute Gasteiger partial charge is 0.496 e. The average Bonchev–Trinajstić information content (AvgIpc) is 2.91. The maximum Gasteiger partial charge on any atom is 0.123 e. The fourth-order valence-corrected chi connectivity index (χ4v) is 2.90. The summed E-state index contributed by atoms with van der Waals surface area (Å²) in [6, 6.07) is 5.40. The van der Waals surface area contributed by atoms with Crippen LogP contribution < -0.4 is 15.4 Å². The highest BCUT2D eigenvalue weighted by Crippen LogP contribution is 2.31. The smallest absolute Gasteiger partial charge is 0.123 e. The summed E-state index contributed by atoms with van der Waals surface area (Å²) >= 11 is 0. The molecule has 1 fully saturated rings. The molecule has 3 nitrogen and oxygen atoms in total. The minimum atomic E-state index is 0.352. The standard InChI is InChI=1S/C16H26N2O/c1-11-8-14(16(19-4)9-12(11)2)15(17-3)10-13-6-5-7-18-13/h8-9,13,15,17-18H,5-7,10H2,1-4H3. The van der Waals surface area contributed by atoms with Crippen molar-refractivity contribution in [2.75, 3.05) is 20.7 Å². The van der Waals surface area contributed by atoms with E-state index >= 15 is 0 Å². The van der Waals surface area contributed by atoms with E-state index in [-0.39, 0.29) is 0 Å². The van der Waals surface area contributed by atoms with Crippen molar-refractivity contribution in [1.82, 2.24) is 10.6 Å². The van der Waals surface area contributed by atoms with Gasteiger partial charge in [-0.3, -0.25) is 0 Å². The van der Waals surface area contributed by atoms with Crippen LogP contribution in [0.5, 0.6) is 5.75 Å². The molecule has 3 heteroatoms. The molecule has 1 aliphatic heterocycles. The molecule has 1 aromatic rings. The molecule has 0 amide bonds. The second-order valence-corrected chi connectivity index (χ2v) is 5.55. The molecule has 0 saturated carbocycles. The maximum atomic E-state index is 5.57. The molecule has 2 rings (SSSR count). The lowest BCUT2D eigenvalue weighted by Gasteiger charge is -2.23. The van der Waals surface area contributed by atoms with E-state index < -0.39 is 0 Å². The lowest BCUT2D eigenvalue weighted by atomic mass is 9.94. The molecular weight excluding hydrogens is 236 g/mol. The molecule has 1 saturated heterocycles. The van der Waals surface area contributed by atoms with Crippen LogP contribution >= 0.6 is 0 Å². The Morgan fingerprint density at radius 2 is 2.11 bits per heavy atom. The average molecular weight is 262 g/mol. The first kappa shape index (κ1) is 14.4. The van der Waals surface area contributed by atoms with E-state index in [0.29, 0.717) is 12.1 Å². The van der Waals surface area contributed by atoms with Crippen molar-refractivity contribution in [2.45, 2.75) is 45.2 Å². The zero-order valence-electron chi connectivity index (χ0n) is 12.5. The molecule has 1 aliphatic rings. The summed E-state index contributed by atoms with van der Waals surface area (Å²) in [5.74, 6) is 1.00. The van der Waals surface area contributed by atoms with E-state index in [2.05, 4.69) is 36.6 Å². The van der Waals surface area contributed by atoms with Gasteiger partial charge in [-0.2, -0.15) is 0 Å². The molecule has 1 aromatic carbocycles. The quantitative estimate of drug-likeness (QED) is 0.856. The van der Waals surface area contributed by atoms with Gasteiger partial charge in [-0.25, -0.2) is 0 Å². The van der Waals surface area contributed by atoms with Crippen LogP contribution in [0.4, 0.5) is 0 Å². The Hall–Kier alpha value is -1.06. The Morgan fingerprint density at radius 3 is 2.68 bits per heavy atom. The predicted octanol–water partition coefficient (Wildman–Crippen LogP) is 2.71. The van der Waals surface area contributed by atoms with Crippen LogP contribution in [0.2, 0.25) is 0 Å². The number of benzene rings is 1. The SMILES string of the molecule is CNC(CC1CCCN1)c1cc(C)c(C)cc1OC. The van der Waals surface area contributed by atoms with Crippen LogP contribution in [0, 0.1) is 13.8 Å². The van der Waals surface area contributed by atoms with Crippen molar-refractivity contribution in [1.29, 1.82) is 0 Å². The normalized spacial score (nSPS) is 20.5. The van der Waals surface area contributed by atoms with Crippen molar-refractivity contribution in [3.63, 3.8) is 0 Å². The van der Waals surface area contributed by atoms with Crippen LogP contribution in [-0.4, -0.2) is 26.7 Å².